The summed E-state index contributed by atoms with van der Waals surface area (Å²) in [4.78, 5) is 17.7. The topological polar surface area (TPSA) is 51.6 Å². The molecule has 0 unspecified atom stereocenters. The summed E-state index contributed by atoms with van der Waals surface area (Å²) >= 11 is 3.17. The van der Waals surface area contributed by atoms with E-state index in [0.717, 1.165) is 21.4 Å². The Morgan fingerprint density at radius 1 is 0.688 bits per heavy atom. The van der Waals surface area contributed by atoms with Gasteiger partial charge in [0.1, 0.15) is 10.1 Å². The molecule has 2 aromatic rings. The number of aromatic nitrogens is 4. The molecular formula is C10H12N4S2. The highest BCUT2D eigenvalue weighted by atomic mass is 32.2. The maximum atomic E-state index is 4.47. The number of nitrogens with zero attached hydrogens (tertiary/aromatic N) is 4. The molecule has 2 heterocycles. The minimum absolute atomic E-state index is 0.630. The van der Waals surface area contributed by atoms with Crippen molar-refractivity contribution in [1.29, 1.82) is 0 Å². The molecule has 0 amide bonds. The Balaban J connectivity index is 2.73. The van der Waals surface area contributed by atoms with Gasteiger partial charge in [-0.05, 0) is 26.4 Å². The van der Waals surface area contributed by atoms with Crippen molar-refractivity contribution in [2.45, 2.75) is 23.9 Å². The smallest absolute Gasteiger partial charge is 0.199 e. The predicted octanol–water partition coefficient (Wildman–Crippen LogP) is 2.48. The summed E-state index contributed by atoms with van der Waals surface area (Å²) in [5.41, 5.74) is 3.08. The van der Waals surface area contributed by atoms with Crippen LogP contribution >= 0.6 is 23.5 Å². The van der Waals surface area contributed by atoms with E-state index in [0.29, 0.717) is 11.3 Å². The van der Waals surface area contributed by atoms with E-state index in [-0.39, 0.29) is 0 Å². The van der Waals surface area contributed by atoms with Crippen LogP contribution in [0.5, 0.6) is 0 Å². The van der Waals surface area contributed by atoms with E-state index >= 15 is 0 Å². The fraction of sp³-hybridized carbons (Fsp3) is 0.400. The summed E-state index contributed by atoms with van der Waals surface area (Å²) in [6.07, 6.45) is 3.98. The maximum absolute atomic E-state index is 4.47. The van der Waals surface area contributed by atoms with Gasteiger partial charge in [0.15, 0.2) is 11.3 Å². The van der Waals surface area contributed by atoms with Gasteiger partial charge in [-0.1, -0.05) is 0 Å². The Hall–Kier alpha value is -0.880. The van der Waals surface area contributed by atoms with Crippen molar-refractivity contribution in [3.63, 3.8) is 0 Å². The highest BCUT2D eigenvalue weighted by Crippen LogP contribution is 2.25. The molecule has 0 aromatic carbocycles. The first-order valence-corrected chi connectivity index (χ1v) is 7.21. The first-order chi connectivity index (χ1) is 7.65. The number of aryl methyl sites for hydroxylation is 2. The molecule has 0 spiro atoms. The molecule has 0 N–H and O–H groups in total. The third-order valence-electron chi connectivity index (χ3n) is 2.26. The average molecular weight is 252 g/mol. The first kappa shape index (κ1) is 11.6. The van der Waals surface area contributed by atoms with Gasteiger partial charge in [-0.2, -0.15) is 0 Å². The molecule has 0 aliphatic carbocycles. The molecule has 6 heteroatoms. The van der Waals surface area contributed by atoms with Gasteiger partial charge in [0.2, 0.25) is 0 Å². The van der Waals surface area contributed by atoms with E-state index in [2.05, 4.69) is 19.9 Å². The van der Waals surface area contributed by atoms with Crippen molar-refractivity contribution in [2.24, 2.45) is 0 Å². The Labute approximate surface area is 103 Å². The zero-order chi connectivity index (χ0) is 11.7. The predicted molar refractivity (Wildman–Crippen MR) is 68.2 cm³/mol. The standard InChI is InChI=1S/C10H12N4S2/c1-5-6(2)12-8-7(11-5)13-9(15-3)10(14-8)16-4/h1-4H3. The molecule has 2 aromatic heterocycles. The van der Waals surface area contributed by atoms with E-state index in [9.17, 15) is 0 Å². The molecule has 0 saturated carbocycles. The maximum Gasteiger partial charge on any atom is 0.199 e. The molecule has 4 nitrogen and oxygen atoms in total. The first-order valence-electron chi connectivity index (χ1n) is 4.76. The van der Waals surface area contributed by atoms with Crippen molar-refractivity contribution in [3.8, 4) is 0 Å². The lowest BCUT2D eigenvalue weighted by Crippen LogP contribution is -2.00. The number of thioether (sulfide) groups is 2. The fourth-order valence-corrected chi connectivity index (χ4v) is 2.58. The summed E-state index contributed by atoms with van der Waals surface area (Å²) in [5, 5.41) is 1.83. The summed E-state index contributed by atoms with van der Waals surface area (Å²) in [7, 11) is 0. The molecule has 0 aliphatic heterocycles. The lowest BCUT2D eigenvalue weighted by molar-refractivity contribution is 0.926. The second-order valence-electron chi connectivity index (χ2n) is 3.28. The van der Waals surface area contributed by atoms with E-state index in [4.69, 9.17) is 0 Å². The van der Waals surface area contributed by atoms with Crippen LogP contribution in [-0.2, 0) is 0 Å². The lowest BCUT2D eigenvalue weighted by Gasteiger charge is -2.05. The van der Waals surface area contributed by atoms with Crippen molar-refractivity contribution < 1.29 is 0 Å². The Bertz CT molecular complexity index is 493. The van der Waals surface area contributed by atoms with E-state index in [1.54, 1.807) is 23.5 Å². The summed E-state index contributed by atoms with van der Waals surface area (Å²) in [6, 6.07) is 0. The van der Waals surface area contributed by atoms with Crippen LogP contribution in [0.2, 0.25) is 0 Å². The molecule has 0 fully saturated rings. The number of hydrogen-bond acceptors (Lipinski definition) is 6. The zero-order valence-electron chi connectivity index (χ0n) is 9.61. The van der Waals surface area contributed by atoms with Gasteiger partial charge in [0.05, 0.1) is 11.4 Å². The fourth-order valence-electron chi connectivity index (χ4n) is 1.28. The molecule has 84 valence electrons. The quantitative estimate of drug-likeness (QED) is 0.765. The van der Waals surface area contributed by atoms with E-state index in [1.807, 2.05) is 26.4 Å². The monoisotopic (exact) mass is 252 g/mol. The van der Waals surface area contributed by atoms with Crippen LogP contribution in [0.25, 0.3) is 11.3 Å². The second kappa shape index (κ2) is 4.55. The van der Waals surface area contributed by atoms with Crippen molar-refractivity contribution >= 4 is 34.8 Å². The molecule has 0 bridgehead atoms. The Morgan fingerprint density at radius 2 is 1.06 bits per heavy atom. The number of fused-ring (bicyclic) bond motifs is 1. The molecule has 0 saturated heterocycles. The average Bonchev–Trinajstić information content (AvgIpc) is 2.29. The van der Waals surface area contributed by atoms with E-state index in [1.165, 1.54) is 0 Å². The van der Waals surface area contributed by atoms with Crippen LogP contribution < -0.4 is 0 Å². The van der Waals surface area contributed by atoms with Crippen LogP contribution in [-0.4, -0.2) is 32.4 Å². The van der Waals surface area contributed by atoms with Gasteiger partial charge in [-0.15, -0.1) is 23.5 Å². The number of rotatable bonds is 2. The van der Waals surface area contributed by atoms with E-state index < -0.39 is 0 Å². The minimum atomic E-state index is 0.630. The highest BCUT2D eigenvalue weighted by molar-refractivity contribution is 8.01. The Kier molecular flexibility index (Phi) is 3.30. The van der Waals surface area contributed by atoms with Crippen LogP contribution in [0.3, 0.4) is 0 Å². The summed E-state index contributed by atoms with van der Waals surface area (Å²) in [6.45, 7) is 3.87. The third-order valence-corrected chi connectivity index (χ3v) is 3.73. The normalized spacial score (nSPS) is 11.0. The SMILES string of the molecule is CSc1nc2nc(C)c(C)nc2nc1SC. The second-order valence-corrected chi connectivity index (χ2v) is 4.87. The number of hydrogen-bond donors (Lipinski definition) is 0. The van der Waals surface area contributed by atoms with Gasteiger partial charge < -0.3 is 0 Å². The van der Waals surface area contributed by atoms with Gasteiger partial charge >= 0.3 is 0 Å². The molecule has 2 rings (SSSR count). The van der Waals surface area contributed by atoms with Crippen molar-refractivity contribution in [2.75, 3.05) is 12.5 Å². The van der Waals surface area contributed by atoms with Gasteiger partial charge in [0, 0.05) is 0 Å². The summed E-state index contributed by atoms with van der Waals surface area (Å²) in [5.74, 6) is 0. The molecule has 0 aliphatic rings. The van der Waals surface area contributed by atoms with Crippen molar-refractivity contribution in [3.05, 3.63) is 11.4 Å². The molecule has 0 atom stereocenters. The molecule has 0 radical (unpaired) electrons. The largest absolute Gasteiger partial charge is 0.229 e. The zero-order valence-corrected chi connectivity index (χ0v) is 11.2. The van der Waals surface area contributed by atoms with Gasteiger partial charge in [-0.25, -0.2) is 19.9 Å². The molecular weight excluding hydrogens is 240 g/mol. The van der Waals surface area contributed by atoms with Crippen LogP contribution in [0.15, 0.2) is 10.1 Å². The highest BCUT2D eigenvalue weighted by Gasteiger charge is 2.10. The van der Waals surface area contributed by atoms with Crippen LogP contribution in [0.1, 0.15) is 11.4 Å². The van der Waals surface area contributed by atoms with Gasteiger partial charge in [0.25, 0.3) is 0 Å². The molecule has 16 heavy (non-hydrogen) atoms. The Morgan fingerprint density at radius 3 is 1.38 bits per heavy atom. The summed E-state index contributed by atoms with van der Waals surface area (Å²) < 4.78 is 0. The van der Waals surface area contributed by atoms with Crippen LogP contribution in [0.4, 0.5) is 0 Å². The minimum Gasteiger partial charge on any atom is -0.229 e. The lowest BCUT2D eigenvalue weighted by atomic mass is 10.3. The third kappa shape index (κ3) is 1.99. The van der Waals surface area contributed by atoms with Gasteiger partial charge in [-0.3, -0.25) is 0 Å². The van der Waals surface area contributed by atoms with Crippen LogP contribution in [0, 0.1) is 13.8 Å². The van der Waals surface area contributed by atoms with Crippen molar-refractivity contribution in [1.82, 2.24) is 19.9 Å².